The minimum Gasteiger partial charge on any atom is -0.376 e. The molecular weight excluding hydrogens is 216 g/mol. The molecule has 0 spiro atoms. The largest absolute Gasteiger partial charge is 0.376 e. The van der Waals surface area contributed by atoms with Crippen LogP contribution in [0.4, 0.5) is 5.82 Å². The van der Waals surface area contributed by atoms with E-state index in [1.807, 2.05) is 14.0 Å². The molecule has 0 bridgehead atoms. The van der Waals surface area contributed by atoms with Crippen LogP contribution in [-0.2, 0) is 11.8 Å². The lowest BCUT2D eigenvalue weighted by Gasteiger charge is -2.40. The zero-order valence-electron chi connectivity index (χ0n) is 10.6. The molecule has 1 N–H and O–H groups in total. The first kappa shape index (κ1) is 11.9. The van der Waals surface area contributed by atoms with Crippen LogP contribution in [0.25, 0.3) is 0 Å². The van der Waals surface area contributed by atoms with Crippen LogP contribution in [-0.4, -0.2) is 29.0 Å². The lowest BCUT2D eigenvalue weighted by atomic mass is 9.80. The highest BCUT2D eigenvalue weighted by molar-refractivity contribution is 5.55. The van der Waals surface area contributed by atoms with Crippen LogP contribution in [0.15, 0.2) is 0 Å². The maximum Gasteiger partial charge on any atom is 0.142 e. The highest BCUT2D eigenvalue weighted by atomic mass is 16.5. The number of aryl methyl sites for hydroxylation is 2. The minimum atomic E-state index is -0.0507. The van der Waals surface area contributed by atoms with Crippen LogP contribution < -0.4 is 5.32 Å². The van der Waals surface area contributed by atoms with Crippen LogP contribution in [0.2, 0.25) is 0 Å². The highest BCUT2D eigenvalue weighted by Gasteiger charge is 2.37. The molecule has 0 aliphatic heterocycles. The Labute approximate surface area is 101 Å². The standard InChI is InChI=1S/C12H18N4O/c1-9-10(7-13)11(16(2)15-9)14-8-12(17-3)5-4-6-12/h14H,4-6,8H2,1-3H3. The number of nitrogens with zero attached hydrogens (tertiary/aromatic N) is 3. The zero-order valence-corrected chi connectivity index (χ0v) is 10.6. The summed E-state index contributed by atoms with van der Waals surface area (Å²) in [5, 5.41) is 16.6. The molecule has 1 aliphatic carbocycles. The normalized spacial score (nSPS) is 17.3. The fraction of sp³-hybridized carbons (Fsp3) is 0.667. The summed E-state index contributed by atoms with van der Waals surface area (Å²) in [6, 6.07) is 2.19. The smallest absolute Gasteiger partial charge is 0.142 e. The molecule has 0 unspecified atom stereocenters. The van der Waals surface area contributed by atoms with Gasteiger partial charge in [0.2, 0.25) is 0 Å². The van der Waals surface area contributed by atoms with Gasteiger partial charge in [-0.05, 0) is 26.2 Å². The number of hydrogen-bond acceptors (Lipinski definition) is 4. The van der Waals surface area contributed by atoms with Gasteiger partial charge in [0.15, 0.2) is 0 Å². The van der Waals surface area contributed by atoms with Crippen molar-refractivity contribution in [2.45, 2.75) is 31.8 Å². The van der Waals surface area contributed by atoms with E-state index < -0.39 is 0 Å². The van der Waals surface area contributed by atoms with Gasteiger partial charge >= 0.3 is 0 Å². The van der Waals surface area contributed by atoms with Gasteiger partial charge in [0, 0.05) is 20.7 Å². The Kier molecular flexibility index (Phi) is 3.07. The van der Waals surface area contributed by atoms with Gasteiger partial charge in [-0.1, -0.05) is 0 Å². The molecule has 1 aromatic rings. The fourth-order valence-electron chi connectivity index (χ4n) is 2.26. The first-order valence-corrected chi connectivity index (χ1v) is 5.84. The molecule has 0 atom stereocenters. The van der Waals surface area contributed by atoms with Crippen LogP contribution in [0.3, 0.4) is 0 Å². The van der Waals surface area contributed by atoms with Gasteiger partial charge in [-0.2, -0.15) is 10.4 Å². The molecule has 0 radical (unpaired) electrons. The summed E-state index contributed by atoms with van der Waals surface area (Å²) in [5.74, 6) is 0.785. The van der Waals surface area contributed by atoms with Crippen LogP contribution in [0, 0.1) is 18.3 Å². The van der Waals surface area contributed by atoms with Gasteiger partial charge in [0.25, 0.3) is 0 Å². The van der Waals surface area contributed by atoms with Crippen LogP contribution in [0.5, 0.6) is 0 Å². The Balaban J connectivity index is 2.11. The van der Waals surface area contributed by atoms with Crippen molar-refractivity contribution in [3.63, 3.8) is 0 Å². The Morgan fingerprint density at radius 2 is 2.29 bits per heavy atom. The van der Waals surface area contributed by atoms with Gasteiger partial charge in [-0.15, -0.1) is 0 Å². The zero-order chi connectivity index (χ0) is 12.5. The number of aromatic nitrogens is 2. The lowest BCUT2D eigenvalue weighted by Crippen LogP contribution is -2.45. The third kappa shape index (κ3) is 2.01. The van der Waals surface area contributed by atoms with Crippen molar-refractivity contribution in [1.29, 1.82) is 5.26 Å². The Morgan fingerprint density at radius 1 is 1.59 bits per heavy atom. The average Bonchev–Trinajstić information content (AvgIpc) is 2.52. The topological polar surface area (TPSA) is 62.9 Å². The van der Waals surface area contributed by atoms with Gasteiger partial charge in [0.1, 0.15) is 17.5 Å². The molecule has 5 nitrogen and oxygen atoms in total. The molecule has 1 aromatic heterocycles. The summed E-state index contributed by atoms with van der Waals surface area (Å²) < 4.78 is 7.26. The van der Waals surface area contributed by atoms with E-state index in [4.69, 9.17) is 10.00 Å². The quantitative estimate of drug-likeness (QED) is 0.859. The summed E-state index contributed by atoms with van der Waals surface area (Å²) >= 11 is 0. The number of hydrogen-bond donors (Lipinski definition) is 1. The molecule has 1 fully saturated rings. The number of ether oxygens (including phenoxy) is 1. The minimum absolute atomic E-state index is 0.0507. The summed E-state index contributed by atoms with van der Waals surface area (Å²) in [4.78, 5) is 0. The summed E-state index contributed by atoms with van der Waals surface area (Å²) in [5.41, 5.74) is 1.33. The first-order valence-electron chi connectivity index (χ1n) is 5.84. The molecule has 1 heterocycles. The number of nitrogens with one attached hydrogen (secondary N) is 1. The third-order valence-electron chi connectivity index (χ3n) is 3.61. The van der Waals surface area contributed by atoms with Crippen LogP contribution in [0.1, 0.15) is 30.5 Å². The van der Waals surface area contributed by atoms with E-state index in [1.54, 1.807) is 11.8 Å². The predicted molar refractivity (Wildman–Crippen MR) is 64.7 cm³/mol. The van der Waals surface area contributed by atoms with E-state index in [0.29, 0.717) is 5.56 Å². The average molecular weight is 234 g/mol. The van der Waals surface area contributed by atoms with E-state index in [0.717, 1.165) is 30.9 Å². The molecule has 1 saturated carbocycles. The van der Waals surface area contributed by atoms with Crippen molar-refractivity contribution in [2.75, 3.05) is 19.0 Å². The van der Waals surface area contributed by atoms with Crippen molar-refractivity contribution >= 4 is 5.82 Å². The number of anilines is 1. The monoisotopic (exact) mass is 234 g/mol. The molecule has 0 aromatic carbocycles. The van der Waals surface area contributed by atoms with E-state index in [9.17, 15) is 0 Å². The molecule has 1 aliphatic rings. The molecule has 92 valence electrons. The summed E-state index contributed by atoms with van der Waals surface area (Å²) in [6.07, 6.45) is 3.37. The lowest BCUT2D eigenvalue weighted by molar-refractivity contribution is -0.0602. The van der Waals surface area contributed by atoms with Crippen LogP contribution >= 0.6 is 0 Å². The molecule has 17 heavy (non-hydrogen) atoms. The third-order valence-corrected chi connectivity index (χ3v) is 3.61. The maximum absolute atomic E-state index is 9.10. The highest BCUT2D eigenvalue weighted by Crippen LogP contribution is 2.35. The number of nitriles is 1. The second kappa shape index (κ2) is 4.38. The Bertz CT molecular complexity index is 448. The van der Waals surface area contributed by atoms with Crippen molar-refractivity contribution in [2.24, 2.45) is 7.05 Å². The Morgan fingerprint density at radius 3 is 2.76 bits per heavy atom. The predicted octanol–water partition coefficient (Wildman–Crippen LogP) is 1.58. The van der Waals surface area contributed by atoms with E-state index in [-0.39, 0.29) is 5.60 Å². The van der Waals surface area contributed by atoms with E-state index >= 15 is 0 Å². The molecular formula is C12H18N4O. The SMILES string of the molecule is COC1(CNc2c(C#N)c(C)nn2C)CCC1. The van der Waals surface area contributed by atoms with E-state index in [2.05, 4.69) is 16.5 Å². The summed E-state index contributed by atoms with van der Waals surface area (Å²) in [6.45, 7) is 2.58. The fourth-order valence-corrected chi connectivity index (χ4v) is 2.26. The van der Waals surface area contributed by atoms with Crippen molar-refractivity contribution < 1.29 is 4.74 Å². The van der Waals surface area contributed by atoms with Crippen molar-refractivity contribution in [3.05, 3.63) is 11.3 Å². The van der Waals surface area contributed by atoms with E-state index in [1.165, 1.54) is 6.42 Å². The molecule has 5 heteroatoms. The van der Waals surface area contributed by atoms with Gasteiger partial charge in [0.05, 0.1) is 11.3 Å². The van der Waals surface area contributed by atoms with Crippen molar-refractivity contribution in [1.82, 2.24) is 9.78 Å². The van der Waals surface area contributed by atoms with Gasteiger partial charge in [-0.25, -0.2) is 0 Å². The van der Waals surface area contributed by atoms with Gasteiger partial charge < -0.3 is 10.1 Å². The number of rotatable bonds is 4. The second-order valence-electron chi connectivity index (χ2n) is 4.64. The molecule has 0 saturated heterocycles. The summed E-state index contributed by atoms with van der Waals surface area (Å²) in [7, 11) is 3.59. The molecule has 2 rings (SSSR count). The maximum atomic E-state index is 9.10. The van der Waals surface area contributed by atoms with Gasteiger partial charge in [-0.3, -0.25) is 4.68 Å². The van der Waals surface area contributed by atoms with Crippen molar-refractivity contribution in [3.8, 4) is 6.07 Å². The molecule has 0 amide bonds. The first-order chi connectivity index (χ1) is 8.12. The number of methoxy groups -OCH3 is 1. The Hall–Kier alpha value is -1.54. The second-order valence-corrected chi connectivity index (χ2v) is 4.64.